The van der Waals surface area contributed by atoms with Crippen LogP contribution in [0.2, 0.25) is 5.02 Å². The molecule has 0 spiro atoms. The topological polar surface area (TPSA) is 8.17 Å². The molecule has 2 atom stereocenters. The Bertz CT molecular complexity index is 1050. The summed E-state index contributed by atoms with van der Waals surface area (Å²) >= 11 is 6.08. The molecule has 3 aromatic rings. The number of nitrogens with zero attached hydrogens (tertiary/aromatic N) is 2. The van der Waals surface area contributed by atoms with E-state index in [1.165, 1.54) is 41.3 Å². The Hall–Kier alpha value is -1.77. The van der Waals surface area contributed by atoms with Crippen LogP contribution in [-0.4, -0.2) is 22.6 Å². The average molecular weight is 407 g/mol. The van der Waals surface area contributed by atoms with Gasteiger partial charge in [0, 0.05) is 46.7 Å². The van der Waals surface area contributed by atoms with Crippen LogP contribution in [-0.2, 0) is 24.8 Å². The number of halogens is 1. The van der Waals surface area contributed by atoms with Gasteiger partial charge < -0.3 is 4.57 Å². The predicted octanol–water partition coefficient (Wildman–Crippen LogP) is 6.53. The van der Waals surface area contributed by atoms with Gasteiger partial charge in [-0.05, 0) is 72.7 Å². The van der Waals surface area contributed by atoms with E-state index in [4.69, 9.17) is 11.6 Å². The molecule has 1 saturated heterocycles. The van der Waals surface area contributed by atoms with Gasteiger partial charge in [-0.25, -0.2) is 0 Å². The van der Waals surface area contributed by atoms with Crippen LogP contribution < -0.4 is 0 Å². The second kappa shape index (κ2) is 6.89. The Morgan fingerprint density at radius 2 is 1.79 bits per heavy atom. The second-order valence-electron chi connectivity index (χ2n) is 9.99. The molecule has 5 rings (SSSR count). The highest BCUT2D eigenvalue weighted by Gasteiger charge is 2.40. The van der Waals surface area contributed by atoms with E-state index >= 15 is 0 Å². The van der Waals surface area contributed by atoms with Crippen molar-refractivity contribution in [1.29, 1.82) is 0 Å². The van der Waals surface area contributed by atoms with Gasteiger partial charge in [0.1, 0.15) is 0 Å². The van der Waals surface area contributed by atoms with Gasteiger partial charge in [0.25, 0.3) is 0 Å². The van der Waals surface area contributed by atoms with Crippen LogP contribution in [0.4, 0.5) is 0 Å². The Kier molecular flexibility index (Phi) is 4.56. The molecular formula is C26H31ClN2. The minimum absolute atomic E-state index is 0.172. The molecule has 3 heteroatoms. The van der Waals surface area contributed by atoms with Crippen LogP contribution in [0.1, 0.15) is 62.0 Å². The number of aromatic nitrogens is 1. The van der Waals surface area contributed by atoms with Crippen molar-refractivity contribution in [1.82, 2.24) is 9.47 Å². The minimum Gasteiger partial charge on any atom is -0.344 e. The maximum atomic E-state index is 6.08. The molecule has 2 aromatic carbocycles. The first kappa shape index (κ1) is 19.2. The number of likely N-dealkylation sites (N-methyl/N-ethyl adjacent to an activating group) is 1. The van der Waals surface area contributed by atoms with Crippen molar-refractivity contribution in [3.63, 3.8) is 0 Å². The van der Waals surface area contributed by atoms with Crippen LogP contribution in [0.15, 0.2) is 42.5 Å². The molecule has 1 fully saturated rings. The van der Waals surface area contributed by atoms with Crippen molar-refractivity contribution in [2.24, 2.45) is 0 Å². The fourth-order valence-electron chi connectivity index (χ4n) is 5.47. The molecular weight excluding hydrogens is 376 g/mol. The van der Waals surface area contributed by atoms with Gasteiger partial charge in [-0.3, -0.25) is 4.90 Å². The minimum atomic E-state index is 0.172. The normalized spacial score (nSPS) is 21.7. The van der Waals surface area contributed by atoms with E-state index in [2.05, 4.69) is 67.6 Å². The molecule has 1 aromatic heterocycles. The van der Waals surface area contributed by atoms with E-state index in [1.807, 2.05) is 12.1 Å². The number of hydrogen-bond donors (Lipinski definition) is 0. The molecule has 0 aliphatic carbocycles. The first-order valence-electron chi connectivity index (χ1n) is 10.9. The lowest BCUT2D eigenvalue weighted by molar-refractivity contribution is 0.222. The fourth-order valence-corrected chi connectivity index (χ4v) is 5.59. The molecule has 2 bridgehead atoms. The van der Waals surface area contributed by atoms with Gasteiger partial charge in [-0.1, -0.05) is 50.6 Å². The number of aryl methyl sites for hydroxylation is 2. The summed E-state index contributed by atoms with van der Waals surface area (Å²) in [6.45, 7) is 7.98. The Labute approximate surface area is 179 Å². The third-order valence-corrected chi connectivity index (χ3v) is 7.47. The molecule has 29 heavy (non-hydrogen) atoms. The highest BCUT2D eigenvalue weighted by atomic mass is 35.5. The zero-order valence-electron chi connectivity index (χ0n) is 18.0. The summed E-state index contributed by atoms with van der Waals surface area (Å²) in [6, 6.07) is 16.8. The third kappa shape index (κ3) is 3.21. The van der Waals surface area contributed by atoms with E-state index in [9.17, 15) is 0 Å². The monoisotopic (exact) mass is 406 g/mol. The van der Waals surface area contributed by atoms with Crippen molar-refractivity contribution in [3.05, 3.63) is 69.9 Å². The van der Waals surface area contributed by atoms with Crippen molar-refractivity contribution < 1.29 is 0 Å². The van der Waals surface area contributed by atoms with Crippen LogP contribution in [0.5, 0.6) is 0 Å². The number of benzene rings is 2. The van der Waals surface area contributed by atoms with E-state index in [1.54, 1.807) is 11.3 Å². The predicted molar refractivity (Wildman–Crippen MR) is 123 cm³/mol. The van der Waals surface area contributed by atoms with Gasteiger partial charge in [-0.15, -0.1) is 0 Å². The molecule has 2 nitrogen and oxygen atoms in total. The van der Waals surface area contributed by atoms with Gasteiger partial charge >= 0.3 is 0 Å². The maximum absolute atomic E-state index is 6.08. The van der Waals surface area contributed by atoms with Crippen molar-refractivity contribution in [3.8, 4) is 0 Å². The van der Waals surface area contributed by atoms with Crippen molar-refractivity contribution >= 4 is 22.5 Å². The van der Waals surface area contributed by atoms with E-state index in [0.717, 1.165) is 18.0 Å². The third-order valence-electron chi connectivity index (χ3n) is 7.22. The quantitative estimate of drug-likeness (QED) is 0.480. The largest absolute Gasteiger partial charge is 0.344 e. The molecule has 2 unspecified atom stereocenters. The van der Waals surface area contributed by atoms with E-state index in [0.29, 0.717) is 12.1 Å². The number of hydrogen-bond acceptors (Lipinski definition) is 1. The SMILES string of the molecule is CN1C2CCC1c1c(n(CCc3ccc(Cl)cc3)c3ccc(C(C)(C)C)cc13)C2. The molecule has 0 N–H and O–H groups in total. The molecule has 3 heterocycles. The van der Waals surface area contributed by atoms with Gasteiger partial charge in [-0.2, -0.15) is 0 Å². The van der Waals surface area contributed by atoms with Crippen LogP contribution >= 0.6 is 11.6 Å². The lowest BCUT2D eigenvalue weighted by atomic mass is 9.85. The fraction of sp³-hybridized carbons (Fsp3) is 0.462. The van der Waals surface area contributed by atoms with Crippen LogP contribution in [0, 0.1) is 0 Å². The first-order chi connectivity index (χ1) is 13.8. The number of rotatable bonds is 3. The van der Waals surface area contributed by atoms with Gasteiger partial charge in [0.2, 0.25) is 0 Å². The zero-order valence-corrected chi connectivity index (χ0v) is 18.8. The molecule has 2 aliphatic heterocycles. The lowest BCUT2D eigenvalue weighted by Gasteiger charge is -2.32. The summed E-state index contributed by atoms with van der Waals surface area (Å²) in [5, 5.41) is 2.30. The average Bonchev–Trinajstić information content (AvgIpc) is 3.10. The first-order valence-corrected chi connectivity index (χ1v) is 11.3. The van der Waals surface area contributed by atoms with E-state index in [-0.39, 0.29) is 5.41 Å². The standard InChI is InChI=1S/C26H31ClN2/c1-26(2,3)18-7-11-22-21(15-18)25-23-12-10-20(28(23)4)16-24(25)29(22)14-13-17-5-8-19(27)9-6-17/h5-9,11,15,20,23H,10,12-14,16H2,1-4H3. The molecule has 2 aliphatic rings. The van der Waals surface area contributed by atoms with Gasteiger partial charge in [0.15, 0.2) is 0 Å². The zero-order chi connectivity index (χ0) is 20.3. The van der Waals surface area contributed by atoms with Gasteiger partial charge in [0.05, 0.1) is 0 Å². The van der Waals surface area contributed by atoms with Crippen molar-refractivity contribution in [2.45, 2.75) is 70.5 Å². The maximum Gasteiger partial charge on any atom is 0.0486 e. The molecule has 0 radical (unpaired) electrons. The highest BCUT2D eigenvalue weighted by molar-refractivity contribution is 6.30. The smallest absolute Gasteiger partial charge is 0.0486 e. The molecule has 0 saturated carbocycles. The second-order valence-corrected chi connectivity index (χ2v) is 10.4. The Morgan fingerprint density at radius 3 is 2.52 bits per heavy atom. The molecule has 152 valence electrons. The van der Waals surface area contributed by atoms with E-state index < -0.39 is 0 Å². The summed E-state index contributed by atoms with van der Waals surface area (Å²) in [5.41, 5.74) is 7.57. The Morgan fingerprint density at radius 1 is 1.03 bits per heavy atom. The number of fused-ring (bicyclic) bond motifs is 6. The Balaban J connectivity index is 1.61. The summed E-state index contributed by atoms with van der Waals surface area (Å²) in [6.07, 6.45) is 4.85. The van der Waals surface area contributed by atoms with Crippen LogP contribution in [0.3, 0.4) is 0 Å². The summed E-state index contributed by atoms with van der Waals surface area (Å²) in [4.78, 5) is 2.63. The molecule has 0 amide bonds. The summed E-state index contributed by atoms with van der Waals surface area (Å²) < 4.78 is 2.63. The summed E-state index contributed by atoms with van der Waals surface area (Å²) in [7, 11) is 2.33. The lowest BCUT2D eigenvalue weighted by Crippen LogP contribution is -2.34. The highest BCUT2D eigenvalue weighted by Crippen LogP contribution is 2.47. The van der Waals surface area contributed by atoms with Crippen molar-refractivity contribution in [2.75, 3.05) is 7.05 Å². The summed E-state index contributed by atoms with van der Waals surface area (Å²) in [5.74, 6) is 0. The van der Waals surface area contributed by atoms with Crippen LogP contribution in [0.25, 0.3) is 10.9 Å².